The van der Waals surface area contributed by atoms with E-state index in [4.69, 9.17) is 13.9 Å². The van der Waals surface area contributed by atoms with Gasteiger partial charge in [-0.25, -0.2) is 4.79 Å². The van der Waals surface area contributed by atoms with E-state index in [0.717, 1.165) is 4.68 Å². The molecule has 0 radical (unpaired) electrons. The lowest BCUT2D eigenvalue weighted by Gasteiger charge is -2.13. The van der Waals surface area contributed by atoms with Crippen LogP contribution in [0.25, 0.3) is 11.5 Å². The van der Waals surface area contributed by atoms with Gasteiger partial charge in [0.05, 0.1) is 7.11 Å². The van der Waals surface area contributed by atoms with Crippen LogP contribution in [0.5, 0.6) is 5.75 Å². The molecular formula is C20H19N3O6. The third kappa shape index (κ3) is 5.10. The predicted octanol–water partition coefficient (Wildman–Crippen LogP) is 2.08. The summed E-state index contributed by atoms with van der Waals surface area (Å²) < 4.78 is 16.1. The van der Waals surface area contributed by atoms with E-state index >= 15 is 0 Å². The molecule has 9 heteroatoms. The third-order valence-corrected chi connectivity index (χ3v) is 3.92. The molecule has 1 amide bonds. The van der Waals surface area contributed by atoms with E-state index in [-0.39, 0.29) is 5.89 Å². The third-order valence-electron chi connectivity index (χ3n) is 3.92. The highest BCUT2D eigenvalue weighted by molar-refractivity contribution is 5.95. The molecule has 0 aliphatic rings. The summed E-state index contributed by atoms with van der Waals surface area (Å²) in [5, 5.41) is 6.61. The number of esters is 1. The normalized spacial score (nSPS) is 11.5. The summed E-state index contributed by atoms with van der Waals surface area (Å²) in [5.74, 6) is -1.45. The lowest BCUT2D eigenvalue weighted by Crippen LogP contribution is -2.32. The second kappa shape index (κ2) is 8.87. The van der Waals surface area contributed by atoms with Crippen LogP contribution >= 0.6 is 0 Å². The number of amides is 1. The second-order valence-corrected chi connectivity index (χ2v) is 6.05. The Balaban J connectivity index is 1.59. The molecule has 1 N–H and O–H groups in total. The Kier molecular flexibility index (Phi) is 6.08. The van der Waals surface area contributed by atoms with Gasteiger partial charge in [0.15, 0.2) is 6.10 Å². The van der Waals surface area contributed by atoms with Gasteiger partial charge in [0, 0.05) is 17.3 Å². The zero-order valence-electron chi connectivity index (χ0n) is 15.8. The molecule has 1 aromatic heterocycles. The summed E-state index contributed by atoms with van der Waals surface area (Å²) in [6.45, 7) is 0.945. The predicted molar refractivity (Wildman–Crippen MR) is 103 cm³/mol. The van der Waals surface area contributed by atoms with Gasteiger partial charge in [-0.05, 0) is 31.2 Å². The molecule has 0 saturated heterocycles. The molecule has 0 saturated carbocycles. The summed E-state index contributed by atoms with van der Waals surface area (Å²) in [4.78, 5) is 36.2. The Hall–Kier alpha value is -3.88. The second-order valence-electron chi connectivity index (χ2n) is 6.05. The van der Waals surface area contributed by atoms with Crippen LogP contribution in [0.15, 0.2) is 63.8 Å². The van der Waals surface area contributed by atoms with Crippen molar-refractivity contribution in [1.29, 1.82) is 0 Å². The molecule has 150 valence electrons. The molecule has 0 aliphatic heterocycles. The number of ether oxygens (including phenoxy) is 2. The van der Waals surface area contributed by atoms with Crippen molar-refractivity contribution in [2.24, 2.45) is 0 Å². The monoisotopic (exact) mass is 397 g/mol. The molecule has 9 nitrogen and oxygen atoms in total. The number of benzene rings is 2. The highest BCUT2D eigenvalue weighted by atomic mass is 16.5. The zero-order valence-corrected chi connectivity index (χ0v) is 15.8. The minimum absolute atomic E-state index is 0.0900. The van der Waals surface area contributed by atoms with E-state index in [1.54, 1.807) is 48.5 Å². The van der Waals surface area contributed by atoms with Gasteiger partial charge in [0.1, 0.15) is 12.3 Å². The first-order valence-electron chi connectivity index (χ1n) is 8.74. The minimum atomic E-state index is -1.08. The summed E-state index contributed by atoms with van der Waals surface area (Å²) in [6.07, 6.45) is -1.08. The summed E-state index contributed by atoms with van der Waals surface area (Å²) in [7, 11) is 1.51. The highest BCUT2D eigenvalue weighted by Crippen LogP contribution is 2.17. The van der Waals surface area contributed by atoms with E-state index in [1.165, 1.54) is 14.0 Å². The van der Waals surface area contributed by atoms with Crippen LogP contribution < -0.4 is 15.8 Å². The van der Waals surface area contributed by atoms with Gasteiger partial charge < -0.3 is 19.2 Å². The average Bonchev–Trinajstić information content (AvgIpc) is 3.09. The van der Waals surface area contributed by atoms with Crippen molar-refractivity contribution < 1.29 is 23.5 Å². The van der Waals surface area contributed by atoms with Crippen LogP contribution in [0.1, 0.15) is 6.92 Å². The fourth-order valence-corrected chi connectivity index (χ4v) is 2.46. The van der Waals surface area contributed by atoms with Gasteiger partial charge in [-0.3, -0.25) is 9.59 Å². The number of hydrogen-bond acceptors (Lipinski definition) is 7. The molecule has 1 heterocycles. The van der Waals surface area contributed by atoms with Gasteiger partial charge in [-0.1, -0.05) is 24.3 Å². The van der Waals surface area contributed by atoms with Crippen molar-refractivity contribution in [3.8, 4) is 17.2 Å². The molecule has 0 fully saturated rings. The van der Waals surface area contributed by atoms with Crippen molar-refractivity contribution >= 4 is 17.6 Å². The van der Waals surface area contributed by atoms with Gasteiger partial charge in [-0.15, -0.1) is 5.10 Å². The summed E-state index contributed by atoms with van der Waals surface area (Å²) >= 11 is 0. The fourth-order valence-electron chi connectivity index (χ4n) is 2.46. The summed E-state index contributed by atoms with van der Waals surface area (Å²) in [5.41, 5.74) is 1.10. The van der Waals surface area contributed by atoms with Crippen LogP contribution in [0.2, 0.25) is 0 Å². The van der Waals surface area contributed by atoms with Gasteiger partial charge in [-0.2, -0.15) is 4.68 Å². The number of methoxy groups -OCH3 is 1. The molecular weight excluding hydrogens is 378 g/mol. The SMILES string of the molecule is COc1cccc(NC(=O)[C@@H](C)OC(=O)Cn2nc(-c3ccccc3)oc2=O)c1. The van der Waals surface area contributed by atoms with Crippen molar-refractivity contribution in [2.75, 3.05) is 12.4 Å². The van der Waals surface area contributed by atoms with E-state index in [1.807, 2.05) is 6.07 Å². The van der Waals surface area contributed by atoms with Crippen LogP contribution in [0.4, 0.5) is 5.69 Å². The Morgan fingerprint density at radius 2 is 1.93 bits per heavy atom. The lowest BCUT2D eigenvalue weighted by molar-refractivity contribution is -0.154. The fraction of sp³-hybridized carbons (Fsp3) is 0.200. The number of carbonyl (C=O) groups excluding carboxylic acids is 2. The number of aromatic nitrogens is 2. The molecule has 0 aliphatic carbocycles. The molecule has 3 aromatic rings. The number of nitrogens with zero attached hydrogens (tertiary/aromatic N) is 2. The van der Waals surface area contributed by atoms with Crippen molar-refractivity contribution in [3.63, 3.8) is 0 Å². The molecule has 0 spiro atoms. The van der Waals surface area contributed by atoms with Crippen LogP contribution in [0, 0.1) is 0 Å². The van der Waals surface area contributed by atoms with Crippen LogP contribution in [0.3, 0.4) is 0 Å². The molecule has 29 heavy (non-hydrogen) atoms. The Morgan fingerprint density at radius 3 is 2.66 bits per heavy atom. The van der Waals surface area contributed by atoms with Gasteiger partial charge in [0.2, 0.25) is 5.89 Å². The molecule has 3 rings (SSSR count). The number of anilines is 1. The van der Waals surface area contributed by atoms with E-state index in [2.05, 4.69) is 10.4 Å². The van der Waals surface area contributed by atoms with E-state index < -0.39 is 30.3 Å². The van der Waals surface area contributed by atoms with Crippen molar-refractivity contribution in [3.05, 3.63) is 65.1 Å². The summed E-state index contributed by atoms with van der Waals surface area (Å²) in [6, 6.07) is 15.6. The van der Waals surface area contributed by atoms with Gasteiger partial charge >= 0.3 is 11.7 Å². The first-order valence-corrected chi connectivity index (χ1v) is 8.74. The van der Waals surface area contributed by atoms with E-state index in [9.17, 15) is 14.4 Å². The molecule has 0 unspecified atom stereocenters. The van der Waals surface area contributed by atoms with Crippen LogP contribution in [-0.2, 0) is 20.9 Å². The Morgan fingerprint density at radius 1 is 1.17 bits per heavy atom. The largest absolute Gasteiger partial charge is 0.497 e. The quantitative estimate of drug-likeness (QED) is 0.607. The minimum Gasteiger partial charge on any atom is -0.497 e. The lowest BCUT2D eigenvalue weighted by atomic mass is 10.2. The first-order chi connectivity index (χ1) is 14.0. The Labute approximate surface area is 165 Å². The number of rotatable bonds is 7. The molecule has 0 bridgehead atoms. The first kappa shape index (κ1) is 19.9. The molecule has 1 atom stereocenters. The maximum atomic E-state index is 12.2. The number of nitrogens with one attached hydrogen (secondary N) is 1. The highest BCUT2D eigenvalue weighted by Gasteiger charge is 2.20. The van der Waals surface area contributed by atoms with Crippen molar-refractivity contribution in [2.45, 2.75) is 19.6 Å². The maximum Gasteiger partial charge on any atom is 0.437 e. The smallest absolute Gasteiger partial charge is 0.437 e. The zero-order chi connectivity index (χ0) is 20.8. The van der Waals surface area contributed by atoms with Crippen LogP contribution in [-0.4, -0.2) is 34.9 Å². The van der Waals surface area contributed by atoms with Gasteiger partial charge in [0.25, 0.3) is 5.91 Å². The maximum absolute atomic E-state index is 12.2. The molecule has 2 aromatic carbocycles. The standard InChI is InChI=1S/C20H19N3O6/c1-13(18(25)21-15-9-6-10-16(11-15)27-2)28-17(24)12-23-20(26)29-19(22-23)14-7-4-3-5-8-14/h3-11,13H,12H2,1-2H3,(H,21,25)/t13-/m1/s1. The number of carbonyl (C=O) groups is 2. The topological polar surface area (TPSA) is 113 Å². The Bertz CT molecular complexity index is 1060. The number of hydrogen-bond donors (Lipinski definition) is 1. The average molecular weight is 397 g/mol. The van der Waals surface area contributed by atoms with E-state index in [0.29, 0.717) is 17.0 Å². The van der Waals surface area contributed by atoms with Crippen molar-refractivity contribution in [1.82, 2.24) is 9.78 Å².